The van der Waals surface area contributed by atoms with Crippen molar-refractivity contribution in [2.24, 2.45) is 0 Å². The van der Waals surface area contributed by atoms with E-state index in [0.29, 0.717) is 6.54 Å². The molecule has 0 saturated carbocycles. The Morgan fingerprint density at radius 2 is 0.479 bits per heavy atom. The van der Waals surface area contributed by atoms with Crippen LogP contribution in [0.5, 0.6) is 0 Å². The molecule has 5 heterocycles. The number of carboxylic acids is 5. The molecule has 0 aromatic carbocycles. The minimum atomic E-state index is -5.86. The fourth-order valence-corrected chi connectivity index (χ4v) is 14.7. The maximum Gasteiger partial charge on any atom is 0.373 e. The summed E-state index contributed by atoms with van der Waals surface area (Å²) >= 11 is 0. The van der Waals surface area contributed by atoms with Crippen LogP contribution in [-0.4, -0.2) is 188 Å². The van der Waals surface area contributed by atoms with Crippen LogP contribution in [0.25, 0.3) is 0 Å². The summed E-state index contributed by atoms with van der Waals surface area (Å²) in [5.41, 5.74) is -0.792. The van der Waals surface area contributed by atoms with Crippen molar-refractivity contribution in [3.05, 3.63) is 93.6 Å². The Morgan fingerprint density at radius 1 is 0.319 bits per heavy atom. The number of rotatable bonds is 28. The number of aromatic nitrogens is 10. The lowest BCUT2D eigenvalue weighted by Crippen LogP contribution is -2.41. The highest BCUT2D eigenvalue weighted by atomic mass is 31.3. The van der Waals surface area contributed by atoms with E-state index in [1.54, 1.807) is 41.7 Å². The Bertz CT molecular complexity index is 3340. The van der Waals surface area contributed by atoms with E-state index in [9.17, 15) is 106 Å². The van der Waals surface area contributed by atoms with E-state index in [4.69, 9.17) is 84.3 Å². The lowest BCUT2D eigenvalue weighted by molar-refractivity contribution is -0.685. The molecule has 5 rings (SSSR count). The van der Waals surface area contributed by atoms with Crippen LogP contribution in [0.3, 0.4) is 0 Å². The van der Waals surface area contributed by atoms with Crippen LogP contribution < -0.4 is 42.4 Å². The molecule has 534 valence electrons. The highest BCUT2D eigenvalue weighted by Crippen LogP contribution is 2.69. The molecule has 0 aliphatic heterocycles. The Morgan fingerprint density at radius 3 is 0.628 bits per heavy atom. The molecule has 0 aliphatic carbocycles. The molecule has 0 amide bonds. The fraction of sp³-hybridized carbons (Fsp3) is 0.459. The van der Waals surface area contributed by atoms with Gasteiger partial charge in [-0.3, -0.25) is 18.3 Å². The summed E-state index contributed by atoms with van der Waals surface area (Å²) < 4.78 is 99.3. The number of carboxylic acid groups (broad SMARTS) is 5. The number of aliphatic hydroxyl groups is 5. The van der Waals surface area contributed by atoms with Crippen molar-refractivity contribution in [1.82, 2.24) is 22.8 Å². The van der Waals surface area contributed by atoms with Gasteiger partial charge in [0.1, 0.15) is 94.7 Å². The van der Waals surface area contributed by atoms with Gasteiger partial charge in [0.15, 0.2) is 63.1 Å². The van der Waals surface area contributed by atoms with E-state index in [1.807, 2.05) is 0 Å². The zero-order valence-corrected chi connectivity index (χ0v) is 54.7. The Labute approximate surface area is 523 Å². The predicted octanol–water partition coefficient (Wildman–Crippen LogP) is -11.5. The third-order valence-corrected chi connectivity index (χ3v) is 25.8. The first-order valence-corrected chi connectivity index (χ1v) is 36.9. The minimum absolute atomic E-state index is 0.0567. The van der Waals surface area contributed by atoms with Gasteiger partial charge in [0.05, 0.1) is 5.60 Å². The molecule has 57 heteroatoms. The zero-order chi connectivity index (χ0) is 73.8. The van der Waals surface area contributed by atoms with Gasteiger partial charge in [0.2, 0.25) is 36.7 Å². The molecule has 0 bridgehead atoms. The van der Waals surface area contributed by atoms with Gasteiger partial charge in [-0.15, -0.1) is 0 Å². The molecule has 22 N–H and O–H groups in total. The number of nitrogens with zero attached hydrogens (tertiary/aromatic N) is 10. The number of hydrogen-bond acceptors (Lipinski definition) is 22. The van der Waals surface area contributed by atoms with Gasteiger partial charge in [0, 0.05) is 0 Å². The van der Waals surface area contributed by atoms with Crippen LogP contribution >= 0.6 is 60.8 Å². The molecular weight excluding hydrogens is 1460 g/mol. The quantitative estimate of drug-likeness (QED) is 0.0163. The summed E-state index contributed by atoms with van der Waals surface area (Å²) in [6.45, 7) is -2.78. The molecule has 6 atom stereocenters. The van der Waals surface area contributed by atoms with E-state index in [2.05, 4.69) is 0 Å². The number of imidazole rings is 5. The molecule has 5 aromatic heterocycles. The maximum absolute atomic E-state index is 11.1. The lowest BCUT2D eigenvalue weighted by atomic mass is 10.1. The molecule has 0 saturated heterocycles. The molecule has 49 nitrogen and oxygen atoms in total. The smallest absolute Gasteiger partial charge is 0.373 e. The third kappa shape index (κ3) is 25.8. The normalized spacial score (nSPS) is 16.8. The van der Waals surface area contributed by atoms with Gasteiger partial charge in [0.25, 0.3) is 10.2 Å². The Kier molecular flexibility index (Phi) is 29.6. The maximum atomic E-state index is 11.1. The standard InChI is InChI=1S/C9H14N2O3.4C7H12N2O9P2/c1-9(2,14)6-11-4-3-10(7-11)5-8(12)13;4*10-6(11)3-8-1-2-9(5-8)4-7(12,19(13,14)15)20(16,17)18/h3-4,7,14H,5-6H2,1-2H3;4*1-2,5,12H,3-4H2,(H4-,10,11,13,14,15,16,17,18)/p+1. The zero-order valence-electron chi connectivity index (χ0n) is 47.6. The second kappa shape index (κ2) is 32.2. The van der Waals surface area contributed by atoms with Crippen molar-refractivity contribution in [1.29, 1.82) is 0 Å². The van der Waals surface area contributed by atoms with Crippen LogP contribution in [-0.2, 0) is 126 Å². The summed E-state index contributed by atoms with van der Waals surface area (Å²) in [5.74, 6) is -5.68. The summed E-state index contributed by atoms with van der Waals surface area (Å²) in [6.07, 6.45) is 18.1. The van der Waals surface area contributed by atoms with Crippen LogP contribution in [0.2, 0.25) is 0 Å². The van der Waals surface area contributed by atoms with E-state index >= 15 is 0 Å². The molecule has 94 heavy (non-hydrogen) atoms. The molecule has 0 fully saturated rings. The van der Waals surface area contributed by atoms with Crippen LogP contribution in [0.4, 0.5) is 0 Å². The van der Waals surface area contributed by atoms with Gasteiger partial charge in [-0.05, 0) is 13.8 Å². The van der Waals surface area contributed by atoms with Crippen molar-refractivity contribution in [2.45, 2.75) is 105 Å². The van der Waals surface area contributed by atoms with Crippen molar-refractivity contribution < 1.29 is 213 Å². The monoisotopic (exact) mass is 1520 g/mol. The molecule has 6 unspecified atom stereocenters. The lowest BCUT2D eigenvalue weighted by Gasteiger charge is -2.40. The van der Waals surface area contributed by atoms with Gasteiger partial charge >= 0.3 is 65.3 Å². The summed E-state index contributed by atoms with van der Waals surface area (Å²) in [6, 6.07) is 0. The minimum Gasteiger partial charge on any atom is -0.776 e. The molecule has 0 spiro atoms. The molecular formula is C37H63N10O39P8+. The van der Waals surface area contributed by atoms with Crippen molar-refractivity contribution >= 4 is 90.6 Å². The predicted molar refractivity (Wildman–Crippen MR) is 285 cm³/mol. The second-order valence-corrected chi connectivity index (χ2v) is 35.8. The van der Waals surface area contributed by atoms with Gasteiger partial charge in [-0.1, -0.05) is 0 Å². The average molecular weight is 1520 g/mol. The average Bonchev–Trinajstić information content (AvgIpc) is 1.78. The fourth-order valence-electron chi connectivity index (χ4n) is 6.72. The van der Waals surface area contributed by atoms with Crippen molar-refractivity contribution in [2.75, 3.05) is 0 Å². The third-order valence-electron chi connectivity index (χ3n) is 11.1. The highest BCUT2D eigenvalue weighted by Gasteiger charge is 2.62. The van der Waals surface area contributed by atoms with Gasteiger partial charge in [-0.2, -0.15) is 0 Å². The van der Waals surface area contributed by atoms with E-state index < -0.39 is 169 Å². The first-order valence-electron chi connectivity index (χ1n) is 24.2. The Hall–Kier alpha value is -5.60. The molecule has 5 aromatic rings. The van der Waals surface area contributed by atoms with E-state index in [1.165, 1.54) is 18.6 Å². The van der Waals surface area contributed by atoms with Crippen LogP contribution in [0.1, 0.15) is 13.8 Å². The molecule has 0 aliphatic rings. The molecule has 0 radical (unpaired) electrons. The summed E-state index contributed by atoms with van der Waals surface area (Å²) in [7, 11) is -45.6. The number of hydrogen-bond donors (Lipinski definition) is 22. The van der Waals surface area contributed by atoms with Gasteiger partial charge in [-0.25, -0.2) is 69.6 Å². The number of carbonyl (C=O) groups is 5. The summed E-state index contributed by atoms with van der Waals surface area (Å²) in [4.78, 5) is 203. The van der Waals surface area contributed by atoms with Crippen LogP contribution in [0, 0.1) is 0 Å². The first kappa shape index (κ1) is 86.4. The summed E-state index contributed by atoms with van der Waals surface area (Å²) in [5, 5.41) is 75.8. The topological polar surface area (TPSA) is 803 Å². The van der Waals surface area contributed by atoms with E-state index in [0.717, 1.165) is 92.8 Å². The second-order valence-electron chi connectivity index (χ2n) is 19.9. The van der Waals surface area contributed by atoms with Crippen molar-refractivity contribution in [3.8, 4) is 0 Å². The van der Waals surface area contributed by atoms with Crippen molar-refractivity contribution in [3.63, 3.8) is 0 Å². The van der Waals surface area contributed by atoms with Gasteiger partial charge < -0.3 is 148 Å². The highest BCUT2D eigenvalue weighted by molar-refractivity contribution is 7.72. The first-order chi connectivity index (χ1) is 41.8. The number of aliphatic carboxylic acids is 5. The van der Waals surface area contributed by atoms with E-state index in [-0.39, 0.29) is 6.54 Å². The SMILES string of the molecule is CC(C)(O)Cn1cc[n+](CC(=O)O)c1.O=C(O)C[n+]1ccn(CC(O)(P(=O)(O)O)P(=O)(O)O)c1.O=C(O)C[n+]1ccn(CC(O)(P(=O)([O-])O)P(=O)(O)O)c1.O=C(O)C[n+]1ccn(CC(O)(P(=O)([O-])O)P(=O)(O)O)c1.O=C(O)C[n+]1ccn(CC(O)(P(=O)([O-])O)P(=O)([O-])O)c1. The Balaban J connectivity index is 0.000000590. The van der Waals surface area contributed by atoms with Crippen LogP contribution in [0.15, 0.2) is 93.6 Å². The largest absolute Gasteiger partial charge is 0.776 e.